The van der Waals surface area contributed by atoms with E-state index in [4.69, 9.17) is 10.2 Å². The van der Waals surface area contributed by atoms with Crippen LogP contribution in [0.5, 0.6) is 0 Å². The number of amides is 1. The number of carboxylic acid groups (broad SMARTS) is 1. The van der Waals surface area contributed by atoms with Crippen molar-refractivity contribution in [2.24, 2.45) is 0 Å². The number of carbonyl (C=O) groups excluding carboxylic acids is 1. The van der Waals surface area contributed by atoms with Gasteiger partial charge in [0.15, 0.2) is 11.9 Å². The summed E-state index contributed by atoms with van der Waals surface area (Å²) in [6.45, 7) is 0.0527. The third kappa shape index (κ3) is 3.83. The van der Waals surface area contributed by atoms with Crippen LogP contribution in [-0.2, 0) is 4.79 Å². The molecule has 21 heavy (non-hydrogen) atoms. The zero-order valence-electron chi connectivity index (χ0n) is 10.9. The number of carboxylic acids is 1. The second-order valence-electron chi connectivity index (χ2n) is 4.14. The molecule has 0 saturated carbocycles. The molecule has 2 rings (SSSR count). The maximum Gasteiger partial charge on any atom is 0.332 e. The molecular formula is C12H13N5O4. The lowest BCUT2D eigenvalue weighted by Crippen LogP contribution is -2.30. The van der Waals surface area contributed by atoms with Gasteiger partial charge in [-0.2, -0.15) is 5.10 Å². The predicted octanol–water partition coefficient (Wildman–Crippen LogP) is -0.772. The van der Waals surface area contributed by atoms with Crippen LogP contribution in [0.1, 0.15) is 16.8 Å². The van der Waals surface area contributed by atoms with Crippen molar-refractivity contribution in [3.8, 4) is 5.82 Å². The smallest absolute Gasteiger partial charge is 0.332 e. The zero-order chi connectivity index (χ0) is 15.2. The largest absolute Gasteiger partial charge is 0.479 e. The van der Waals surface area contributed by atoms with E-state index >= 15 is 0 Å². The van der Waals surface area contributed by atoms with Gasteiger partial charge in [-0.3, -0.25) is 4.79 Å². The number of nitrogens with zero attached hydrogens (tertiary/aromatic N) is 4. The molecule has 1 atom stereocenters. The molecule has 0 aliphatic heterocycles. The number of aliphatic hydroxyl groups is 1. The molecule has 110 valence electrons. The molecule has 0 aliphatic rings. The summed E-state index contributed by atoms with van der Waals surface area (Å²) in [7, 11) is 0. The lowest BCUT2D eigenvalue weighted by atomic mass is 10.2. The fraction of sp³-hybridized carbons (Fsp3) is 0.250. The minimum atomic E-state index is -1.49. The highest BCUT2D eigenvalue weighted by Gasteiger charge is 2.13. The van der Waals surface area contributed by atoms with E-state index in [-0.39, 0.29) is 13.0 Å². The minimum absolute atomic E-state index is 0.0527. The molecule has 0 radical (unpaired) electrons. The number of hydrogen-bond acceptors (Lipinski definition) is 6. The predicted molar refractivity (Wildman–Crippen MR) is 69.7 cm³/mol. The van der Waals surface area contributed by atoms with E-state index in [1.165, 1.54) is 23.5 Å². The first-order valence-corrected chi connectivity index (χ1v) is 6.08. The number of pyridine rings is 1. The molecule has 1 unspecified atom stereocenters. The van der Waals surface area contributed by atoms with Crippen molar-refractivity contribution < 1.29 is 19.8 Å². The van der Waals surface area contributed by atoms with Gasteiger partial charge in [0.05, 0.1) is 5.56 Å². The van der Waals surface area contributed by atoms with Gasteiger partial charge in [-0.1, -0.05) is 0 Å². The molecule has 0 spiro atoms. The molecule has 1 amide bonds. The minimum Gasteiger partial charge on any atom is -0.479 e. The van der Waals surface area contributed by atoms with E-state index in [1.807, 2.05) is 0 Å². The van der Waals surface area contributed by atoms with Gasteiger partial charge in [0.1, 0.15) is 12.7 Å². The van der Waals surface area contributed by atoms with Crippen LogP contribution >= 0.6 is 0 Å². The third-order valence-electron chi connectivity index (χ3n) is 2.65. The molecule has 2 aromatic rings. The van der Waals surface area contributed by atoms with Gasteiger partial charge in [0, 0.05) is 19.2 Å². The number of carbonyl (C=O) groups is 2. The standard InChI is InChI=1S/C12H13N5O4/c18-9(12(20)21)3-4-14-11(19)8-1-2-10(15-5-8)17-7-13-6-16-17/h1-2,5-7,9,18H,3-4H2,(H,14,19)(H,20,21). The lowest BCUT2D eigenvalue weighted by molar-refractivity contribution is -0.146. The summed E-state index contributed by atoms with van der Waals surface area (Å²) in [6, 6.07) is 3.17. The number of aromatic nitrogens is 4. The molecule has 3 N–H and O–H groups in total. The van der Waals surface area contributed by atoms with Crippen molar-refractivity contribution in [2.45, 2.75) is 12.5 Å². The molecule has 0 saturated heterocycles. The van der Waals surface area contributed by atoms with Crippen LogP contribution in [0, 0.1) is 0 Å². The van der Waals surface area contributed by atoms with Crippen LogP contribution in [0.25, 0.3) is 5.82 Å². The first-order valence-electron chi connectivity index (χ1n) is 6.08. The Labute approximate surface area is 119 Å². The summed E-state index contributed by atoms with van der Waals surface area (Å²) < 4.78 is 1.45. The first kappa shape index (κ1) is 14.6. The Morgan fingerprint density at radius 3 is 2.76 bits per heavy atom. The molecule has 9 nitrogen and oxygen atoms in total. The van der Waals surface area contributed by atoms with E-state index in [2.05, 4.69) is 20.4 Å². The fourth-order valence-corrected chi connectivity index (χ4v) is 1.53. The number of hydrogen-bond donors (Lipinski definition) is 3. The molecule has 2 heterocycles. The monoisotopic (exact) mass is 291 g/mol. The maximum absolute atomic E-state index is 11.8. The molecule has 0 bridgehead atoms. The van der Waals surface area contributed by atoms with E-state index in [0.717, 1.165) is 0 Å². The number of aliphatic hydroxyl groups excluding tert-OH is 1. The summed E-state index contributed by atoms with van der Waals surface area (Å²) in [5, 5.41) is 24.0. The third-order valence-corrected chi connectivity index (χ3v) is 2.65. The average Bonchev–Trinajstić information content (AvgIpc) is 3.01. The summed E-state index contributed by atoms with van der Waals surface area (Å²) in [4.78, 5) is 30.0. The normalized spacial score (nSPS) is 11.9. The van der Waals surface area contributed by atoms with Gasteiger partial charge in [-0.15, -0.1) is 0 Å². The molecule has 9 heteroatoms. The van der Waals surface area contributed by atoms with Crippen LogP contribution in [0.2, 0.25) is 0 Å². The van der Waals surface area contributed by atoms with Crippen molar-refractivity contribution in [2.75, 3.05) is 6.54 Å². The molecule has 2 aromatic heterocycles. The van der Waals surface area contributed by atoms with Crippen LogP contribution in [-0.4, -0.2) is 54.5 Å². The van der Waals surface area contributed by atoms with Crippen molar-refractivity contribution in [1.82, 2.24) is 25.1 Å². The van der Waals surface area contributed by atoms with Gasteiger partial charge in [-0.05, 0) is 12.1 Å². The van der Waals surface area contributed by atoms with Gasteiger partial charge < -0.3 is 15.5 Å². The Bertz CT molecular complexity index is 611. The quantitative estimate of drug-likeness (QED) is 0.636. The SMILES string of the molecule is O=C(NCCC(O)C(=O)O)c1ccc(-n2cncn2)nc1. The Morgan fingerprint density at radius 1 is 1.38 bits per heavy atom. The zero-order valence-corrected chi connectivity index (χ0v) is 10.9. The Morgan fingerprint density at radius 2 is 2.19 bits per heavy atom. The highest BCUT2D eigenvalue weighted by atomic mass is 16.4. The van der Waals surface area contributed by atoms with Gasteiger partial charge in [-0.25, -0.2) is 19.4 Å². The topological polar surface area (TPSA) is 130 Å². The van der Waals surface area contributed by atoms with Crippen molar-refractivity contribution in [3.63, 3.8) is 0 Å². The van der Waals surface area contributed by atoms with E-state index in [1.54, 1.807) is 12.1 Å². The number of aliphatic carboxylic acids is 1. The highest BCUT2D eigenvalue weighted by molar-refractivity contribution is 5.93. The van der Waals surface area contributed by atoms with Crippen LogP contribution in [0.3, 0.4) is 0 Å². The number of nitrogens with one attached hydrogen (secondary N) is 1. The molecule has 0 aromatic carbocycles. The molecule has 0 fully saturated rings. The second kappa shape index (κ2) is 6.57. The molecular weight excluding hydrogens is 278 g/mol. The van der Waals surface area contributed by atoms with E-state index in [9.17, 15) is 9.59 Å². The maximum atomic E-state index is 11.8. The van der Waals surface area contributed by atoms with Gasteiger partial charge >= 0.3 is 5.97 Å². The van der Waals surface area contributed by atoms with Gasteiger partial charge in [0.2, 0.25) is 0 Å². The Hall–Kier alpha value is -2.81. The van der Waals surface area contributed by atoms with E-state index in [0.29, 0.717) is 11.4 Å². The van der Waals surface area contributed by atoms with Crippen molar-refractivity contribution >= 4 is 11.9 Å². The van der Waals surface area contributed by atoms with Crippen LogP contribution in [0.15, 0.2) is 31.0 Å². The Kier molecular flexibility index (Phi) is 4.57. The van der Waals surface area contributed by atoms with Crippen LogP contribution < -0.4 is 5.32 Å². The van der Waals surface area contributed by atoms with Gasteiger partial charge in [0.25, 0.3) is 5.91 Å². The van der Waals surface area contributed by atoms with Crippen molar-refractivity contribution in [3.05, 3.63) is 36.5 Å². The van der Waals surface area contributed by atoms with Crippen molar-refractivity contribution in [1.29, 1.82) is 0 Å². The average molecular weight is 291 g/mol. The summed E-state index contributed by atoms with van der Waals surface area (Å²) in [5.74, 6) is -1.20. The molecule has 0 aliphatic carbocycles. The highest BCUT2D eigenvalue weighted by Crippen LogP contribution is 2.04. The summed E-state index contributed by atoms with van der Waals surface area (Å²) in [6.07, 6.45) is 2.68. The van der Waals surface area contributed by atoms with Crippen LogP contribution in [0.4, 0.5) is 0 Å². The van der Waals surface area contributed by atoms with E-state index < -0.39 is 18.0 Å². The fourth-order valence-electron chi connectivity index (χ4n) is 1.53. The first-order chi connectivity index (χ1) is 10.1. The lowest BCUT2D eigenvalue weighted by Gasteiger charge is -2.07. The number of rotatable bonds is 6. The Balaban J connectivity index is 1.90. The second-order valence-corrected chi connectivity index (χ2v) is 4.14. The summed E-state index contributed by atoms with van der Waals surface area (Å²) in [5.41, 5.74) is 0.323. The summed E-state index contributed by atoms with van der Waals surface area (Å²) >= 11 is 0.